The number of anilines is 2. The molecule has 3 heteroatoms. The number of rotatable bonds is 4. The van der Waals surface area contributed by atoms with Gasteiger partial charge in [-0.1, -0.05) is 28.1 Å². The van der Waals surface area contributed by atoms with Crippen molar-refractivity contribution in [3.63, 3.8) is 0 Å². The van der Waals surface area contributed by atoms with E-state index < -0.39 is 0 Å². The molecule has 1 aliphatic carbocycles. The fourth-order valence-electron chi connectivity index (χ4n) is 2.83. The minimum Gasteiger partial charge on any atom is -0.382 e. The van der Waals surface area contributed by atoms with Crippen LogP contribution in [0.5, 0.6) is 0 Å². The van der Waals surface area contributed by atoms with Crippen LogP contribution in [-0.4, -0.2) is 20.1 Å². The van der Waals surface area contributed by atoms with Crippen molar-refractivity contribution in [2.45, 2.75) is 24.8 Å². The average Bonchev–Trinajstić information content (AvgIpc) is 2.44. The Hall–Kier alpha value is -1.48. The summed E-state index contributed by atoms with van der Waals surface area (Å²) in [6, 6.07) is 18.0. The zero-order valence-corrected chi connectivity index (χ0v) is 14.1. The lowest BCUT2D eigenvalue weighted by molar-refractivity contribution is 0.374. The second kappa shape index (κ2) is 6.10. The molecule has 1 aliphatic rings. The van der Waals surface area contributed by atoms with Crippen molar-refractivity contribution in [1.82, 2.24) is 0 Å². The van der Waals surface area contributed by atoms with Crippen LogP contribution in [0.4, 0.5) is 11.4 Å². The summed E-state index contributed by atoms with van der Waals surface area (Å²) in [6.07, 6.45) is 2.44. The minimum atomic E-state index is 0.601. The summed E-state index contributed by atoms with van der Waals surface area (Å²) in [6.45, 7) is 0. The van der Waals surface area contributed by atoms with Gasteiger partial charge in [-0.05, 0) is 60.7 Å². The van der Waals surface area contributed by atoms with Crippen molar-refractivity contribution >= 4 is 27.3 Å². The lowest BCUT2D eigenvalue weighted by Gasteiger charge is -2.37. The number of nitrogens with zero attached hydrogens (tertiary/aromatic N) is 1. The summed E-state index contributed by atoms with van der Waals surface area (Å²) >= 11 is 3.49. The molecular formula is C18H21BrN2. The SMILES string of the molecule is CN(C)c1ccc(NC2CC(c3ccc(Br)cc3)C2)cc1. The molecule has 0 aromatic heterocycles. The Bertz CT molecular complexity index is 584. The first-order valence-corrected chi connectivity index (χ1v) is 8.20. The highest BCUT2D eigenvalue weighted by molar-refractivity contribution is 9.10. The maximum absolute atomic E-state index is 3.63. The van der Waals surface area contributed by atoms with Crippen LogP contribution >= 0.6 is 15.9 Å². The molecule has 1 N–H and O–H groups in total. The largest absolute Gasteiger partial charge is 0.382 e. The monoisotopic (exact) mass is 344 g/mol. The highest BCUT2D eigenvalue weighted by Crippen LogP contribution is 2.38. The summed E-state index contributed by atoms with van der Waals surface area (Å²) in [7, 11) is 4.13. The van der Waals surface area contributed by atoms with Crippen LogP contribution < -0.4 is 10.2 Å². The van der Waals surface area contributed by atoms with Gasteiger partial charge in [-0.25, -0.2) is 0 Å². The predicted molar refractivity (Wildman–Crippen MR) is 94.3 cm³/mol. The lowest BCUT2D eigenvalue weighted by atomic mass is 9.76. The molecule has 0 aliphatic heterocycles. The van der Waals surface area contributed by atoms with Gasteiger partial charge in [-0.2, -0.15) is 0 Å². The maximum atomic E-state index is 3.63. The van der Waals surface area contributed by atoms with E-state index in [1.165, 1.54) is 29.8 Å². The van der Waals surface area contributed by atoms with Crippen LogP contribution in [0.15, 0.2) is 53.0 Å². The Balaban J connectivity index is 1.53. The highest BCUT2D eigenvalue weighted by atomic mass is 79.9. The quantitative estimate of drug-likeness (QED) is 0.850. The van der Waals surface area contributed by atoms with Gasteiger partial charge in [0.1, 0.15) is 0 Å². The third kappa shape index (κ3) is 3.41. The summed E-state index contributed by atoms with van der Waals surface area (Å²) in [5, 5.41) is 3.63. The summed E-state index contributed by atoms with van der Waals surface area (Å²) in [5.74, 6) is 0.705. The molecular weight excluding hydrogens is 324 g/mol. The van der Waals surface area contributed by atoms with E-state index in [-0.39, 0.29) is 0 Å². The highest BCUT2D eigenvalue weighted by Gasteiger charge is 2.29. The van der Waals surface area contributed by atoms with Crippen molar-refractivity contribution < 1.29 is 0 Å². The molecule has 0 unspecified atom stereocenters. The van der Waals surface area contributed by atoms with E-state index in [1.807, 2.05) is 0 Å². The van der Waals surface area contributed by atoms with E-state index in [2.05, 4.69) is 88.8 Å². The first-order chi connectivity index (χ1) is 10.1. The summed E-state index contributed by atoms with van der Waals surface area (Å²) in [5.41, 5.74) is 3.92. The molecule has 1 fully saturated rings. The van der Waals surface area contributed by atoms with E-state index in [9.17, 15) is 0 Å². The molecule has 21 heavy (non-hydrogen) atoms. The van der Waals surface area contributed by atoms with Gasteiger partial charge in [0, 0.05) is 36.0 Å². The average molecular weight is 345 g/mol. The maximum Gasteiger partial charge on any atom is 0.0362 e. The molecule has 2 aromatic carbocycles. The van der Waals surface area contributed by atoms with E-state index in [1.54, 1.807) is 0 Å². The van der Waals surface area contributed by atoms with Crippen molar-refractivity contribution in [2.24, 2.45) is 0 Å². The van der Waals surface area contributed by atoms with E-state index in [0.717, 1.165) is 4.47 Å². The molecule has 0 bridgehead atoms. The van der Waals surface area contributed by atoms with Gasteiger partial charge in [0.2, 0.25) is 0 Å². The number of nitrogens with one attached hydrogen (secondary N) is 1. The lowest BCUT2D eigenvalue weighted by Crippen LogP contribution is -2.33. The molecule has 2 aromatic rings. The third-order valence-electron chi connectivity index (χ3n) is 4.23. The van der Waals surface area contributed by atoms with E-state index in [4.69, 9.17) is 0 Å². The minimum absolute atomic E-state index is 0.601. The zero-order chi connectivity index (χ0) is 14.8. The topological polar surface area (TPSA) is 15.3 Å². The molecule has 0 radical (unpaired) electrons. The molecule has 0 amide bonds. The van der Waals surface area contributed by atoms with Crippen LogP contribution in [-0.2, 0) is 0 Å². The Morgan fingerprint density at radius 2 is 1.57 bits per heavy atom. The number of halogens is 1. The number of hydrogen-bond donors (Lipinski definition) is 1. The molecule has 0 saturated heterocycles. The fourth-order valence-corrected chi connectivity index (χ4v) is 3.10. The Kier molecular flexibility index (Phi) is 4.20. The standard InChI is InChI=1S/C18H21BrN2/c1-21(2)18-9-7-16(8-10-18)20-17-11-14(12-17)13-3-5-15(19)6-4-13/h3-10,14,17,20H,11-12H2,1-2H3. The molecule has 2 nitrogen and oxygen atoms in total. The molecule has 0 spiro atoms. The van der Waals surface area contributed by atoms with Crippen molar-refractivity contribution in [3.05, 3.63) is 58.6 Å². The number of hydrogen-bond acceptors (Lipinski definition) is 2. The predicted octanol–water partition coefficient (Wildman–Crippen LogP) is 4.87. The van der Waals surface area contributed by atoms with Gasteiger partial charge in [0.15, 0.2) is 0 Å². The van der Waals surface area contributed by atoms with Gasteiger partial charge < -0.3 is 10.2 Å². The summed E-state index contributed by atoms with van der Waals surface area (Å²) in [4.78, 5) is 2.12. The second-order valence-corrected chi connectivity index (χ2v) is 6.92. The molecule has 1 saturated carbocycles. The van der Waals surface area contributed by atoms with Gasteiger partial charge in [-0.15, -0.1) is 0 Å². The molecule has 0 heterocycles. The fraction of sp³-hybridized carbons (Fsp3) is 0.333. The van der Waals surface area contributed by atoms with Gasteiger partial charge >= 0.3 is 0 Å². The smallest absolute Gasteiger partial charge is 0.0362 e. The first kappa shape index (κ1) is 14.5. The van der Waals surface area contributed by atoms with Gasteiger partial charge in [0.25, 0.3) is 0 Å². The van der Waals surface area contributed by atoms with E-state index >= 15 is 0 Å². The normalized spacial score (nSPS) is 20.7. The van der Waals surface area contributed by atoms with Crippen LogP contribution in [0.2, 0.25) is 0 Å². The summed E-state index contributed by atoms with van der Waals surface area (Å²) < 4.78 is 1.15. The zero-order valence-electron chi connectivity index (χ0n) is 12.5. The number of benzene rings is 2. The van der Waals surface area contributed by atoms with Crippen molar-refractivity contribution in [2.75, 3.05) is 24.3 Å². The van der Waals surface area contributed by atoms with Crippen molar-refractivity contribution in [3.8, 4) is 0 Å². The third-order valence-corrected chi connectivity index (χ3v) is 4.76. The van der Waals surface area contributed by atoms with Crippen LogP contribution in [0, 0.1) is 0 Å². The molecule has 3 rings (SSSR count). The van der Waals surface area contributed by atoms with Crippen LogP contribution in [0.3, 0.4) is 0 Å². The molecule has 0 atom stereocenters. The molecule has 110 valence electrons. The second-order valence-electron chi connectivity index (χ2n) is 6.00. The Morgan fingerprint density at radius 3 is 2.14 bits per heavy atom. The van der Waals surface area contributed by atoms with E-state index in [0.29, 0.717) is 12.0 Å². The van der Waals surface area contributed by atoms with Gasteiger partial charge in [0.05, 0.1) is 0 Å². The Labute approximate surface area is 135 Å². The van der Waals surface area contributed by atoms with Crippen LogP contribution in [0.1, 0.15) is 24.3 Å². The Morgan fingerprint density at radius 1 is 0.952 bits per heavy atom. The van der Waals surface area contributed by atoms with Crippen LogP contribution in [0.25, 0.3) is 0 Å². The van der Waals surface area contributed by atoms with Gasteiger partial charge in [-0.3, -0.25) is 0 Å². The van der Waals surface area contributed by atoms with Crippen molar-refractivity contribution in [1.29, 1.82) is 0 Å². The first-order valence-electron chi connectivity index (χ1n) is 7.41.